The second kappa shape index (κ2) is 28.1. The molecule has 1 heterocycles. The van der Waals surface area contributed by atoms with E-state index in [2.05, 4.69) is 27.8 Å². The maximum Gasteiger partial charge on any atom is 0.333 e. The first-order chi connectivity index (χ1) is 33.1. The van der Waals surface area contributed by atoms with Crippen LogP contribution in [-0.2, 0) is 73.3 Å². The van der Waals surface area contributed by atoms with Crippen LogP contribution in [0.1, 0.15) is 74.3 Å². The van der Waals surface area contributed by atoms with E-state index in [1.807, 2.05) is 0 Å². The number of hydrogen-bond acceptors (Lipinski definition) is 16. The largest absolute Gasteiger partial charge is 0.458 e. The molecule has 7 amide bonds. The number of hydrogen-bond donors (Lipinski definition) is 5. The van der Waals surface area contributed by atoms with Gasteiger partial charge < -0.3 is 60.0 Å². The van der Waals surface area contributed by atoms with Gasteiger partial charge in [0, 0.05) is 53.8 Å². The van der Waals surface area contributed by atoms with Crippen molar-refractivity contribution in [1.82, 2.24) is 36.0 Å². The predicted molar refractivity (Wildman–Crippen MR) is 260 cm³/mol. The molecule has 0 spiro atoms. The van der Waals surface area contributed by atoms with Crippen molar-refractivity contribution < 1.29 is 72.0 Å². The van der Waals surface area contributed by atoms with Gasteiger partial charge in [0.05, 0.1) is 12.2 Å². The summed E-state index contributed by atoms with van der Waals surface area (Å²) in [6, 6.07) is -1.29. The zero-order valence-electron chi connectivity index (χ0n) is 43.1. The summed E-state index contributed by atoms with van der Waals surface area (Å²) in [5.41, 5.74) is 0.0577. The van der Waals surface area contributed by atoms with Gasteiger partial charge >= 0.3 is 17.9 Å². The molecule has 0 bridgehead atoms. The summed E-state index contributed by atoms with van der Waals surface area (Å²) >= 11 is 1.09. The molecule has 0 unspecified atom stereocenters. The Morgan fingerprint density at radius 1 is 0.887 bits per heavy atom. The Kier molecular flexibility index (Phi) is 24.2. The lowest BCUT2D eigenvalue weighted by Gasteiger charge is -2.38. The normalized spacial score (nSPS) is 24.6. The van der Waals surface area contributed by atoms with Crippen LogP contribution in [0.15, 0.2) is 42.6 Å². The first-order valence-electron chi connectivity index (χ1n) is 23.2. The minimum atomic E-state index is -1.86. The van der Waals surface area contributed by atoms with Crippen LogP contribution in [-0.4, -0.2) is 186 Å². The number of esters is 3. The number of aliphatic hydroxyl groups is 1. The molecule has 1 fully saturated rings. The number of aliphatic hydroxyl groups excluding tert-OH is 1. The molecule has 0 saturated carbocycles. The fourth-order valence-corrected chi connectivity index (χ4v) is 7.88. The SMILES string of the molecule is C=C1C(=O)N[C@@H](C)C(=O)N(C)[C@@H](C)C(=O)N[C@@H]([C@@H](CSC)OC(=O)[C@@H](NC(=O)CC)[C@H](O)C(C)C)C(=O)N(C)[C@@H]([C@@H](C)OC)C(=O)O[C@H](C(C)C)[C@H](NC(C)=O)C(=O)O[C@H](Cc2ccccc2)C(=O)N1C. The smallest absolute Gasteiger partial charge is 0.333 e. The second-order valence-electron chi connectivity index (χ2n) is 18.0. The number of carbonyl (C=O) groups excluding carboxylic acids is 10. The molecule has 0 aromatic heterocycles. The summed E-state index contributed by atoms with van der Waals surface area (Å²) in [6.07, 6.45) is -6.13. The highest BCUT2D eigenvalue weighted by Gasteiger charge is 2.46. The lowest BCUT2D eigenvalue weighted by atomic mass is 9.98. The molecule has 2 rings (SSSR count). The van der Waals surface area contributed by atoms with Crippen molar-refractivity contribution in [3.63, 3.8) is 0 Å². The number of benzene rings is 1. The van der Waals surface area contributed by atoms with Gasteiger partial charge in [0.25, 0.3) is 11.8 Å². The zero-order valence-corrected chi connectivity index (χ0v) is 43.9. The third kappa shape index (κ3) is 16.8. The van der Waals surface area contributed by atoms with Crippen LogP contribution in [0.4, 0.5) is 0 Å². The molecule has 1 saturated heterocycles. The lowest BCUT2D eigenvalue weighted by molar-refractivity contribution is -0.176. The maximum absolute atomic E-state index is 15.1. The average molecular weight is 1020 g/mol. The Morgan fingerprint density at radius 3 is 2.01 bits per heavy atom. The van der Waals surface area contributed by atoms with E-state index in [1.54, 1.807) is 64.3 Å². The summed E-state index contributed by atoms with van der Waals surface area (Å²) in [5, 5.41) is 21.0. The number of cyclic esters (lactones) is 2. The molecule has 1 aromatic rings. The summed E-state index contributed by atoms with van der Waals surface area (Å²) in [5.74, 6) is -11.2. The number of ether oxygens (including phenoxy) is 4. The minimum Gasteiger partial charge on any atom is -0.458 e. The maximum atomic E-state index is 15.1. The number of likely N-dealkylation sites (N-methyl/N-ethyl adjacent to an activating group) is 3. The zero-order chi connectivity index (χ0) is 54.2. The summed E-state index contributed by atoms with van der Waals surface area (Å²) in [4.78, 5) is 142. The number of carbonyl (C=O) groups is 10. The molecule has 23 heteroatoms. The third-order valence-electron chi connectivity index (χ3n) is 11.9. The minimum absolute atomic E-state index is 0.0585. The lowest BCUT2D eigenvalue weighted by Crippen LogP contribution is -2.63. The van der Waals surface area contributed by atoms with Crippen molar-refractivity contribution in [1.29, 1.82) is 0 Å². The highest BCUT2D eigenvalue weighted by molar-refractivity contribution is 7.98. The fourth-order valence-electron chi connectivity index (χ4n) is 7.29. The third-order valence-corrected chi connectivity index (χ3v) is 12.6. The highest BCUT2D eigenvalue weighted by Crippen LogP contribution is 2.22. The average Bonchev–Trinajstić information content (AvgIpc) is 3.32. The number of rotatable bonds is 15. The molecule has 1 aliphatic heterocycles. The quantitative estimate of drug-likeness (QED) is 0.0884. The molecule has 0 radical (unpaired) electrons. The van der Waals surface area contributed by atoms with Gasteiger partial charge in [-0.05, 0) is 44.4 Å². The van der Waals surface area contributed by atoms with E-state index in [-0.39, 0.29) is 18.6 Å². The van der Waals surface area contributed by atoms with E-state index < -0.39 is 144 Å². The van der Waals surface area contributed by atoms with Gasteiger partial charge in [-0.3, -0.25) is 33.6 Å². The van der Waals surface area contributed by atoms with Crippen LogP contribution < -0.4 is 21.3 Å². The molecular weight excluding hydrogens is 947 g/mol. The molecule has 11 atom stereocenters. The Hall–Kier alpha value is -6.07. The highest BCUT2D eigenvalue weighted by atomic mass is 32.2. The van der Waals surface area contributed by atoms with Gasteiger partial charge in [0.1, 0.15) is 36.0 Å². The van der Waals surface area contributed by atoms with Gasteiger partial charge in [-0.2, -0.15) is 11.8 Å². The van der Waals surface area contributed by atoms with Crippen LogP contribution in [0.25, 0.3) is 0 Å². The van der Waals surface area contributed by atoms with Crippen LogP contribution in [0, 0.1) is 11.8 Å². The van der Waals surface area contributed by atoms with Crippen molar-refractivity contribution in [2.75, 3.05) is 40.3 Å². The summed E-state index contributed by atoms with van der Waals surface area (Å²) in [7, 11) is 4.88. The van der Waals surface area contributed by atoms with Crippen LogP contribution >= 0.6 is 11.8 Å². The van der Waals surface area contributed by atoms with Crippen LogP contribution in [0.2, 0.25) is 0 Å². The van der Waals surface area contributed by atoms with E-state index in [0.717, 1.165) is 33.4 Å². The Labute approximate surface area is 420 Å². The monoisotopic (exact) mass is 1020 g/mol. The molecule has 5 N–H and O–H groups in total. The Morgan fingerprint density at radius 2 is 1.49 bits per heavy atom. The van der Waals surface area contributed by atoms with Gasteiger partial charge in [-0.1, -0.05) is 71.5 Å². The number of methoxy groups -OCH3 is 1. The molecule has 1 aliphatic rings. The Balaban J connectivity index is 2.97. The second-order valence-corrected chi connectivity index (χ2v) is 18.9. The van der Waals surface area contributed by atoms with Crippen molar-refractivity contribution in [3.8, 4) is 0 Å². The number of amides is 7. The van der Waals surface area contributed by atoms with Crippen molar-refractivity contribution >= 4 is 71.0 Å². The number of thioether (sulfide) groups is 1. The Bertz CT molecular complexity index is 2090. The molecular formula is C48H73N7O15S. The molecule has 396 valence electrons. The van der Waals surface area contributed by atoms with Gasteiger partial charge in [-0.15, -0.1) is 0 Å². The van der Waals surface area contributed by atoms with Crippen molar-refractivity contribution in [2.24, 2.45) is 11.8 Å². The number of nitrogens with zero attached hydrogens (tertiary/aromatic N) is 3. The summed E-state index contributed by atoms with van der Waals surface area (Å²) in [6.45, 7) is 16.8. The standard InChI is InChI=1S/C48H73N7O15S/c1-16-34(57)51-36(39(58)24(2)3)46(64)69-33(23-71-15)35-45(63)55(13)38(29(9)67-14)48(66)70-40(25(4)5)37(50-30(10)56)47(65)68-32(22-31-20-18-17-19-21-31)44(62)54(12)27(7)41(59)49-26(6)43(61)53(11)28(8)42(60)52-35/h17-21,24-26,28-29,32-33,35-40,58H,7,16,22-23H2,1-6,8-15H3,(H,49,59)(H,50,56)(H,51,57)(H,52,60)/t26-,28-,29+,32+,33+,35-,36-,37-,38-,39+,40+/m0/s1. The van der Waals surface area contributed by atoms with Gasteiger partial charge in [0.15, 0.2) is 24.2 Å². The summed E-state index contributed by atoms with van der Waals surface area (Å²) < 4.78 is 23.4. The van der Waals surface area contributed by atoms with E-state index >= 15 is 4.79 Å². The van der Waals surface area contributed by atoms with E-state index in [4.69, 9.17) is 18.9 Å². The van der Waals surface area contributed by atoms with Crippen molar-refractivity contribution in [2.45, 2.75) is 142 Å². The fraction of sp³-hybridized carbons (Fsp3) is 0.625. The number of nitrogens with one attached hydrogen (secondary N) is 4. The topological polar surface area (TPSA) is 286 Å². The van der Waals surface area contributed by atoms with E-state index in [9.17, 15) is 48.3 Å². The van der Waals surface area contributed by atoms with Gasteiger partial charge in [0.2, 0.25) is 29.5 Å². The molecule has 1 aromatic carbocycles. The van der Waals surface area contributed by atoms with Crippen LogP contribution in [0.5, 0.6) is 0 Å². The predicted octanol–water partition coefficient (Wildman–Crippen LogP) is 0.0839. The van der Waals surface area contributed by atoms with Gasteiger partial charge in [-0.25, -0.2) is 14.4 Å². The van der Waals surface area contributed by atoms with E-state index in [0.29, 0.717) is 5.56 Å². The first-order valence-corrected chi connectivity index (χ1v) is 24.6. The van der Waals surface area contributed by atoms with E-state index in [1.165, 1.54) is 55.9 Å². The molecule has 22 nitrogen and oxygen atoms in total. The van der Waals surface area contributed by atoms with Crippen molar-refractivity contribution in [3.05, 3.63) is 48.2 Å². The molecule has 71 heavy (non-hydrogen) atoms. The molecule has 0 aliphatic carbocycles. The first kappa shape index (κ1) is 61.1. The van der Waals surface area contributed by atoms with Crippen LogP contribution in [0.3, 0.4) is 0 Å².